The second-order valence-corrected chi connectivity index (χ2v) is 6.55. The molecule has 0 saturated carbocycles. The first-order valence-corrected chi connectivity index (χ1v) is 8.72. The van der Waals surface area contributed by atoms with Gasteiger partial charge in [-0.1, -0.05) is 6.92 Å². The maximum Gasteiger partial charge on any atom is 0.353 e. The van der Waals surface area contributed by atoms with E-state index < -0.39 is 4.92 Å². The van der Waals surface area contributed by atoms with Crippen molar-refractivity contribution in [1.82, 2.24) is 19.8 Å². The maximum atomic E-state index is 11.5. The molecule has 0 bridgehead atoms. The third-order valence-electron chi connectivity index (χ3n) is 4.97. The number of piperazine rings is 2. The Morgan fingerprint density at radius 3 is 2.20 bits per heavy atom. The third kappa shape index (κ3) is 3.74. The highest BCUT2D eigenvalue weighted by atomic mass is 16.6. The third-order valence-corrected chi connectivity index (χ3v) is 4.97. The summed E-state index contributed by atoms with van der Waals surface area (Å²) in [5.74, 6) is 0.785. The summed E-state index contributed by atoms with van der Waals surface area (Å²) in [6.45, 7) is 9.68. The minimum absolute atomic E-state index is 0.0538. The summed E-state index contributed by atoms with van der Waals surface area (Å²) < 4.78 is 0. The first kappa shape index (κ1) is 17.6. The van der Waals surface area contributed by atoms with E-state index in [9.17, 15) is 10.1 Å². The Balaban J connectivity index is 1.89. The molecule has 1 aromatic rings. The number of nitro groups is 1. The summed E-state index contributed by atoms with van der Waals surface area (Å²) in [7, 11) is 2.04. The largest absolute Gasteiger partial charge is 0.378 e. The molecular formula is C15H26N8O2. The van der Waals surface area contributed by atoms with Crippen molar-refractivity contribution < 1.29 is 4.92 Å². The van der Waals surface area contributed by atoms with Crippen molar-refractivity contribution >= 4 is 23.3 Å². The van der Waals surface area contributed by atoms with Crippen molar-refractivity contribution in [2.45, 2.75) is 6.92 Å². The van der Waals surface area contributed by atoms with Crippen molar-refractivity contribution in [3.8, 4) is 0 Å². The van der Waals surface area contributed by atoms with Crippen LogP contribution in [0.3, 0.4) is 0 Å². The quantitative estimate of drug-likeness (QED) is 0.586. The van der Waals surface area contributed by atoms with E-state index in [0.29, 0.717) is 24.9 Å². The van der Waals surface area contributed by atoms with E-state index in [0.717, 1.165) is 45.8 Å². The Labute approximate surface area is 147 Å². The predicted octanol–water partition coefficient (Wildman–Crippen LogP) is -0.139. The molecule has 1 aromatic heterocycles. The normalized spacial score (nSPS) is 20.1. The van der Waals surface area contributed by atoms with Gasteiger partial charge in [-0.15, -0.1) is 0 Å². The number of hydrogen-bond acceptors (Lipinski definition) is 9. The van der Waals surface area contributed by atoms with Crippen LogP contribution in [0.2, 0.25) is 0 Å². The number of nitrogens with two attached hydrogens (primary N) is 1. The van der Waals surface area contributed by atoms with E-state index in [1.54, 1.807) is 0 Å². The first-order chi connectivity index (χ1) is 12.0. The van der Waals surface area contributed by atoms with E-state index in [4.69, 9.17) is 5.73 Å². The van der Waals surface area contributed by atoms with Gasteiger partial charge in [0.2, 0.25) is 17.6 Å². The van der Waals surface area contributed by atoms with Crippen molar-refractivity contribution in [2.24, 2.45) is 0 Å². The van der Waals surface area contributed by atoms with E-state index in [1.165, 1.54) is 0 Å². The van der Waals surface area contributed by atoms with E-state index in [1.807, 2.05) is 11.9 Å². The molecule has 0 unspecified atom stereocenters. The Bertz CT molecular complexity index is 624. The molecule has 2 aliphatic heterocycles. The zero-order valence-electron chi connectivity index (χ0n) is 14.9. The van der Waals surface area contributed by atoms with Gasteiger partial charge in [-0.25, -0.2) is 0 Å². The molecule has 0 radical (unpaired) electrons. The lowest BCUT2D eigenvalue weighted by Crippen LogP contribution is -2.47. The topological polar surface area (TPSA) is 108 Å². The molecule has 0 aromatic carbocycles. The van der Waals surface area contributed by atoms with Crippen molar-refractivity contribution in [3.05, 3.63) is 10.1 Å². The van der Waals surface area contributed by atoms with Crippen molar-refractivity contribution in [3.63, 3.8) is 0 Å². The average molecular weight is 350 g/mol. The second kappa shape index (κ2) is 7.36. The van der Waals surface area contributed by atoms with Crippen molar-refractivity contribution in [2.75, 3.05) is 81.5 Å². The Morgan fingerprint density at radius 2 is 1.64 bits per heavy atom. The number of nitrogen functional groups attached to an aromatic ring is 1. The lowest BCUT2D eigenvalue weighted by Gasteiger charge is -2.35. The van der Waals surface area contributed by atoms with Crippen LogP contribution in [-0.4, -0.2) is 90.6 Å². The minimum Gasteiger partial charge on any atom is -0.378 e. The lowest BCUT2D eigenvalue weighted by molar-refractivity contribution is -0.383. The van der Waals surface area contributed by atoms with Crippen LogP contribution in [0.5, 0.6) is 0 Å². The smallest absolute Gasteiger partial charge is 0.353 e. The summed E-state index contributed by atoms with van der Waals surface area (Å²) in [5, 5.41) is 11.5. The molecule has 3 rings (SSSR count). The standard InChI is InChI=1S/C15H26N8O2/c1-3-20-6-10-22(11-7-20)15-17-13(16)12(23(24)25)14(18-15)21-8-4-19(2)5-9-21/h3-11H2,1-2H3,(H2,16,17,18). The van der Waals surface area contributed by atoms with Gasteiger partial charge in [-0.05, 0) is 13.6 Å². The van der Waals surface area contributed by atoms with Crippen LogP contribution >= 0.6 is 0 Å². The van der Waals surface area contributed by atoms with Crippen molar-refractivity contribution in [1.29, 1.82) is 0 Å². The van der Waals surface area contributed by atoms with Crippen LogP contribution < -0.4 is 15.5 Å². The highest BCUT2D eigenvalue weighted by molar-refractivity contribution is 5.71. The molecule has 10 heteroatoms. The van der Waals surface area contributed by atoms with Crippen LogP contribution in [0, 0.1) is 10.1 Å². The highest BCUT2D eigenvalue weighted by Gasteiger charge is 2.30. The first-order valence-electron chi connectivity index (χ1n) is 8.72. The summed E-state index contributed by atoms with van der Waals surface area (Å²) in [6, 6.07) is 0. The van der Waals surface area contributed by atoms with Gasteiger partial charge in [0.1, 0.15) is 0 Å². The van der Waals surface area contributed by atoms with Gasteiger partial charge in [-0.3, -0.25) is 10.1 Å². The van der Waals surface area contributed by atoms with E-state index in [2.05, 4.69) is 31.6 Å². The molecule has 2 N–H and O–H groups in total. The SMILES string of the molecule is CCN1CCN(c2nc(N)c([N+](=O)[O-])c(N3CCN(C)CC3)n2)CC1. The summed E-state index contributed by atoms with van der Waals surface area (Å²) >= 11 is 0. The Morgan fingerprint density at radius 1 is 1.04 bits per heavy atom. The van der Waals surface area contributed by atoms with Gasteiger partial charge < -0.3 is 25.3 Å². The fraction of sp³-hybridized carbons (Fsp3) is 0.733. The number of hydrogen-bond donors (Lipinski definition) is 1. The predicted molar refractivity (Wildman–Crippen MR) is 97.1 cm³/mol. The highest BCUT2D eigenvalue weighted by Crippen LogP contribution is 2.33. The summed E-state index contributed by atoms with van der Waals surface area (Å²) in [4.78, 5) is 28.4. The number of likely N-dealkylation sites (N-methyl/N-ethyl adjacent to an activating group) is 2. The van der Waals surface area contributed by atoms with E-state index in [-0.39, 0.29) is 11.5 Å². The van der Waals surface area contributed by atoms with Crippen LogP contribution in [0.25, 0.3) is 0 Å². The van der Waals surface area contributed by atoms with Crippen LogP contribution in [0.4, 0.5) is 23.3 Å². The molecule has 0 aliphatic carbocycles. The summed E-state index contributed by atoms with van der Waals surface area (Å²) in [6.07, 6.45) is 0. The number of nitrogens with zero attached hydrogens (tertiary/aromatic N) is 7. The molecule has 3 heterocycles. The van der Waals surface area contributed by atoms with Gasteiger partial charge in [-0.2, -0.15) is 9.97 Å². The Hall–Kier alpha value is -2.20. The molecule has 2 aliphatic rings. The molecule has 2 saturated heterocycles. The molecule has 0 spiro atoms. The maximum absolute atomic E-state index is 11.5. The molecular weight excluding hydrogens is 324 g/mol. The van der Waals surface area contributed by atoms with Crippen LogP contribution in [0.15, 0.2) is 0 Å². The average Bonchev–Trinajstić information content (AvgIpc) is 2.61. The van der Waals surface area contributed by atoms with Gasteiger partial charge >= 0.3 is 5.69 Å². The zero-order valence-corrected chi connectivity index (χ0v) is 14.9. The minimum atomic E-state index is -0.470. The van der Waals surface area contributed by atoms with Crippen LogP contribution in [0.1, 0.15) is 6.92 Å². The number of anilines is 3. The molecule has 0 atom stereocenters. The monoisotopic (exact) mass is 350 g/mol. The fourth-order valence-corrected chi connectivity index (χ4v) is 3.27. The second-order valence-electron chi connectivity index (χ2n) is 6.55. The Kier molecular flexibility index (Phi) is 5.19. The molecule has 25 heavy (non-hydrogen) atoms. The molecule has 138 valence electrons. The van der Waals surface area contributed by atoms with Gasteiger partial charge in [0.25, 0.3) is 0 Å². The lowest BCUT2D eigenvalue weighted by atomic mass is 10.3. The zero-order chi connectivity index (χ0) is 18.0. The summed E-state index contributed by atoms with van der Waals surface area (Å²) in [5.41, 5.74) is 5.77. The molecule has 10 nitrogen and oxygen atoms in total. The van der Waals surface area contributed by atoms with Gasteiger partial charge in [0.15, 0.2) is 0 Å². The van der Waals surface area contributed by atoms with Crippen LogP contribution in [-0.2, 0) is 0 Å². The van der Waals surface area contributed by atoms with E-state index >= 15 is 0 Å². The van der Waals surface area contributed by atoms with Gasteiger partial charge in [0.05, 0.1) is 4.92 Å². The van der Waals surface area contributed by atoms with Gasteiger partial charge in [0, 0.05) is 52.4 Å². The number of aromatic nitrogens is 2. The number of rotatable bonds is 4. The molecule has 2 fully saturated rings. The fourth-order valence-electron chi connectivity index (χ4n) is 3.27. The molecule has 0 amide bonds.